The van der Waals surface area contributed by atoms with Crippen molar-refractivity contribution in [3.63, 3.8) is 0 Å². The van der Waals surface area contributed by atoms with Crippen molar-refractivity contribution in [2.24, 2.45) is 5.92 Å². The molecule has 0 aromatic heterocycles. The predicted octanol–water partition coefficient (Wildman–Crippen LogP) is 3.32. The van der Waals surface area contributed by atoms with Gasteiger partial charge in [0.1, 0.15) is 5.92 Å². The van der Waals surface area contributed by atoms with Crippen molar-refractivity contribution in [1.82, 2.24) is 4.90 Å². The maximum Gasteiger partial charge on any atom is 0.261 e. The van der Waals surface area contributed by atoms with Crippen LogP contribution in [0.5, 0.6) is 0 Å². The molecule has 2 aromatic rings. The third-order valence-electron chi connectivity index (χ3n) is 4.72. The summed E-state index contributed by atoms with van der Waals surface area (Å²) < 4.78 is 0.922. The number of benzene rings is 2. The van der Waals surface area contributed by atoms with E-state index < -0.39 is 12.0 Å². The first-order valence-electron chi connectivity index (χ1n) is 8.23. The molecule has 2 amide bonds. The number of carbonyl (C=O) groups is 2. The Labute approximate surface area is 154 Å². The average molecular weight is 401 g/mol. The number of amides is 2. The molecule has 0 aliphatic carbocycles. The van der Waals surface area contributed by atoms with Gasteiger partial charge < -0.3 is 0 Å². The number of halogens is 1. The number of imide groups is 1. The summed E-state index contributed by atoms with van der Waals surface area (Å²) in [6.45, 7) is 2.17. The fourth-order valence-electron chi connectivity index (χ4n) is 3.61. The number of hydroxylamine groups is 1. The number of fused-ring (bicyclic) bond motifs is 1. The van der Waals surface area contributed by atoms with Crippen LogP contribution in [0, 0.1) is 5.92 Å². The summed E-state index contributed by atoms with van der Waals surface area (Å²) >= 11 is 3.49. The van der Waals surface area contributed by atoms with E-state index in [0.29, 0.717) is 6.54 Å². The van der Waals surface area contributed by atoms with Gasteiger partial charge in [-0.2, -0.15) is 0 Å². The highest BCUT2D eigenvalue weighted by molar-refractivity contribution is 9.10. The first-order chi connectivity index (χ1) is 12.1. The van der Waals surface area contributed by atoms with Crippen LogP contribution in [-0.2, 0) is 14.4 Å². The maximum atomic E-state index is 12.9. The summed E-state index contributed by atoms with van der Waals surface area (Å²) in [5.74, 6) is -0.959. The van der Waals surface area contributed by atoms with Crippen LogP contribution in [0.2, 0.25) is 0 Å². The minimum atomic E-state index is -0.767. The Balaban J connectivity index is 1.82. The number of nitrogens with zero attached hydrogens (tertiary/aromatic N) is 2. The van der Waals surface area contributed by atoms with Crippen LogP contribution in [-0.4, -0.2) is 29.4 Å². The van der Waals surface area contributed by atoms with Gasteiger partial charge in [0, 0.05) is 11.0 Å². The Morgan fingerprint density at radius 1 is 1.04 bits per heavy atom. The second kappa shape index (κ2) is 6.28. The molecule has 3 atom stereocenters. The minimum Gasteiger partial charge on any atom is -0.280 e. The molecule has 2 aliphatic heterocycles. The number of anilines is 1. The second-order valence-electron chi connectivity index (χ2n) is 6.13. The van der Waals surface area contributed by atoms with E-state index >= 15 is 0 Å². The third-order valence-corrected chi connectivity index (χ3v) is 5.22. The standard InChI is InChI=1S/C19H17BrN2O3/c1-2-21-18(23)15-16(12-7-6-8-13(20)11-12)22(25-17(15)19(21)24)14-9-4-3-5-10-14/h3-11,15-17H,2H2,1H3/t15-,16-,17+/m1/s1. The molecule has 2 aromatic carbocycles. The summed E-state index contributed by atoms with van der Waals surface area (Å²) in [5, 5.41) is 1.71. The van der Waals surface area contributed by atoms with Gasteiger partial charge in [-0.05, 0) is 36.8 Å². The van der Waals surface area contributed by atoms with Crippen molar-refractivity contribution >= 4 is 33.4 Å². The number of likely N-dealkylation sites (N-methyl/N-ethyl adjacent to an activating group) is 1. The van der Waals surface area contributed by atoms with Crippen LogP contribution in [0.1, 0.15) is 18.5 Å². The highest BCUT2D eigenvalue weighted by atomic mass is 79.9. The number of para-hydroxylation sites is 1. The Hall–Kier alpha value is -2.18. The predicted molar refractivity (Wildman–Crippen MR) is 96.6 cm³/mol. The number of likely N-dealkylation sites (tertiary alicyclic amines) is 1. The zero-order valence-corrected chi connectivity index (χ0v) is 15.2. The van der Waals surface area contributed by atoms with Crippen molar-refractivity contribution in [1.29, 1.82) is 0 Å². The second-order valence-corrected chi connectivity index (χ2v) is 7.05. The number of rotatable bonds is 3. The van der Waals surface area contributed by atoms with Gasteiger partial charge in [-0.3, -0.25) is 19.3 Å². The van der Waals surface area contributed by atoms with Gasteiger partial charge >= 0.3 is 0 Å². The number of carbonyl (C=O) groups excluding carboxylic acids is 2. The summed E-state index contributed by atoms with van der Waals surface area (Å²) in [5.41, 5.74) is 1.76. The number of hydrogen-bond donors (Lipinski definition) is 0. The molecular weight excluding hydrogens is 384 g/mol. The molecule has 4 rings (SSSR count). The lowest BCUT2D eigenvalue weighted by molar-refractivity contribution is -0.142. The zero-order chi connectivity index (χ0) is 17.6. The molecule has 0 N–H and O–H groups in total. The highest BCUT2D eigenvalue weighted by Gasteiger charge is 2.59. The van der Waals surface area contributed by atoms with Crippen LogP contribution < -0.4 is 5.06 Å². The van der Waals surface area contributed by atoms with Crippen LogP contribution in [0.3, 0.4) is 0 Å². The molecular formula is C19H17BrN2O3. The van der Waals surface area contributed by atoms with Crippen LogP contribution in [0.15, 0.2) is 59.1 Å². The molecule has 2 aliphatic rings. The highest BCUT2D eigenvalue weighted by Crippen LogP contribution is 2.46. The lowest BCUT2D eigenvalue weighted by atomic mass is 9.90. The quantitative estimate of drug-likeness (QED) is 0.741. The summed E-state index contributed by atoms with van der Waals surface area (Å²) in [4.78, 5) is 32.7. The van der Waals surface area contributed by atoms with E-state index in [-0.39, 0.29) is 17.9 Å². The van der Waals surface area contributed by atoms with Gasteiger partial charge in [-0.15, -0.1) is 0 Å². The van der Waals surface area contributed by atoms with Crippen LogP contribution >= 0.6 is 15.9 Å². The molecule has 25 heavy (non-hydrogen) atoms. The van der Waals surface area contributed by atoms with Gasteiger partial charge in [-0.1, -0.05) is 46.3 Å². The van der Waals surface area contributed by atoms with E-state index in [4.69, 9.17) is 4.84 Å². The first kappa shape index (κ1) is 16.3. The van der Waals surface area contributed by atoms with Crippen molar-refractivity contribution in [3.05, 3.63) is 64.6 Å². The molecule has 0 bridgehead atoms. The number of hydrogen-bond acceptors (Lipinski definition) is 4. The summed E-state index contributed by atoms with van der Waals surface area (Å²) in [6.07, 6.45) is -0.767. The van der Waals surface area contributed by atoms with Crippen LogP contribution in [0.25, 0.3) is 0 Å². The first-order valence-corrected chi connectivity index (χ1v) is 9.03. The molecule has 5 nitrogen and oxygen atoms in total. The smallest absolute Gasteiger partial charge is 0.261 e. The van der Waals surface area contributed by atoms with E-state index in [1.165, 1.54) is 4.90 Å². The topological polar surface area (TPSA) is 49.9 Å². The lowest BCUT2D eigenvalue weighted by Gasteiger charge is -2.28. The summed E-state index contributed by atoms with van der Waals surface area (Å²) in [7, 11) is 0. The Bertz CT molecular complexity index is 826. The van der Waals surface area contributed by atoms with E-state index in [1.54, 1.807) is 12.0 Å². The van der Waals surface area contributed by atoms with Crippen LogP contribution in [0.4, 0.5) is 5.69 Å². The van der Waals surface area contributed by atoms with Crippen molar-refractivity contribution in [2.45, 2.75) is 19.1 Å². The van der Waals surface area contributed by atoms with Gasteiger partial charge in [0.2, 0.25) is 5.91 Å². The fourth-order valence-corrected chi connectivity index (χ4v) is 4.03. The zero-order valence-electron chi connectivity index (χ0n) is 13.6. The van der Waals surface area contributed by atoms with Crippen molar-refractivity contribution in [2.75, 3.05) is 11.6 Å². The third kappa shape index (κ3) is 2.56. The summed E-state index contributed by atoms with van der Waals surface area (Å²) in [6, 6.07) is 17.0. The fraction of sp³-hybridized carbons (Fsp3) is 0.263. The van der Waals surface area contributed by atoms with E-state index in [2.05, 4.69) is 15.9 Å². The molecule has 0 unspecified atom stereocenters. The normalized spacial score (nSPS) is 25.6. The molecule has 128 valence electrons. The Kier molecular flexibility index (Phi) is 4.09. The molecule has 2 heterocycles. The average Bonchev–Trinajstić information content (AvgIpc) is 3.12. The minimum absolute atomic E-state index is 0.166. The van der Waals surface area contributed by atoms with E-state index in [0.717, 1.165) is 15.7 Å². The van der Waals surface area contributed by atoms with E-state index in [1.807, 2.05) is 54.6 Å². The van der Waals surface area contributed by atoms with Crippen molar-refractivity contribution < 1.29 is 14.4 Å². The molecule has 0 spiro atoms. The molecule has 2 saturated heterocycles. The maximum absolute atomic E-state index is 12.9. The Morgan fingerprint density at radius 2 is 1.80 bits per heavy atom. The Morgan fingerprint density at radius 3 is 2.48 bits per heavy atom. The molecule has 0 saturated carbocycles. The molecule has 6 heteroatoms. The van der Waals surface area contributed by atoms with Gasteiger partial charge in [0.25, 0.3) is 5.91 Å². The monoisotopic (exact) mass is 400 g/mol. The largest absolute Gasteiger partial charge is 0.280 e. The molecule has 0 radical (unpaired) electrons. The van der Waals surface area contributed by atoms with Gasteiger partial charge in [0.05, 0.1) is 11.7 Å². The molecule has 2 fully saturated rings. The van der Waals surface area contributed by atoms with Gasteiger partial charge in [0.15, 0.2) is 6.10 Å². The van der Waals surface area contributed by atoms with Crippen molar-refractivity contribution in [3.8, 4) is 0 Å². The van der Waals surface area contributed by atoms with E-state index in [9.17, 15) is 9.59 Å². The SMILES string of the molecule is CCN1C(=O)[C@H]2[C@H](ON(c3ccccc3)[C@@H]2c2cccc(Br)c2)C1=O. The van der Waals surface area contributed by atoms with Gasteiger partial charge in [-0.25, -0.2) is 5.06 Å². The lowest BCUT2D eigenvalue weighted by Crippen LogP contribution is -2.37.